The fraction of sp³-hybridized carbons (Fsp3) is 0.909. The summed E-state index contributed by atoms with van der Waals surface area (Å²) in [6.07, 6.45) is 3.22. The minimum atomic E-state index is 0.237. The first-order valence-electron chi connectivity index (χ1n) is 5.64. The number of carbonyl (C=O) groups excluding carboxylic acids is 1. The molecule has 2 fully saturated rings. The highest BCUT2D eigenvalue weighted by Gasteiger charge is 2.47. The molecule has 4 atom stereocenters. The fourth-order valence-corrected chi connectivity index (χ4v) is 2.90. The third-order valence-electron chi connectivity index (χ3n) is 3.68. The molecule has 3 heteroatoms. The van der Waals surface area contributed by atoms with Gasteiger partial charge >= 0.3 is 0 Å². The normalized spacial score (nSPS) is 40.6. The van der Waals surface area contributed by atoms with Gasteiger partial charge in [-0.15, -0.1) is 0 Å². The van der Waals surface area contributed by atoms with Crippen LogP contribution < -0.4 is 11.1 Å². The number of hydrogen-bond acceptors (Lipinski definition) is 2. The summed E-state index contributed by atoms with van der Waals surface area (Å²) >= 11 is 0. The van der Waals surface area contributed by atoms with E-state index in [1.54, 1.807) is 0 Å². The van der Waals surface area contributed by atoms with E-state index in [2.05, 4.69) is 5.32 Å². The lowest BCUT2D eigenvalue weighted by Gasteiger charge is -2.37. The molecule has 14 heavy (non-hydrogen) atoms. The van der Waals surface area contributed by atoms with Crippen molar-refractivity contribution in [1.82, 2.24) is 5.32 Å². The van der Waals surface area contributed by atoms with Crippen LogP contribution in [0.2, 0.25) is 0 Å². The van der Waals surface area contributed by atoms with Crippen LogP contribution in [0.1, 0.15) is 33.1 Å². The van der Waals surface area contributed by atoms with Crippen LogP contribution in [-0.4, -0.2) is 18.0 Å². The molecule has 3 nitrogen and oxygen atoms in total. The molecule has 2 rings (SSSR count). The van der Waals surface area contributed by atoms with Crippen LogP contribution in [0.15, 0.2) is 0 Å². The highest BCUT2D eigenvalue weighted by molar-refractivity contribution is 5.79. The Kier molecular flexibility index (Phi) is 2.52. The predicted octanol–water partition coefficient (Wildman–Crippen LogP) is 0.884. The number of nitrogens with one attached hydrogen (secondary N) is 1. The zero-order valence-electron chi connectivity index (χ0n) is 8.99. The lowest BCUT2D eigenvalue weighted by atomic mass is 9.72. The molecule has 2 saturated carbocycles. The molecule has 80 valence electrons. The molecule has 0 aliphatic heterocycles. The van der Waals surface area contributed by atoms with Crippen molar-refractivity contribution in [1.29, 1.82) is 0 Å². The Morgan fingerprint density at radius 1 is 1.36 bits per heavy atom. The quantitative estimate of drug-likeness (QED) is 0.689. The second-order valence-electron chi connectivity index (χ2n) is 5.16. The summed E-state index contributed by atoms with van der Waals surface area (Å²) in [5, 5.41) is 2.99. The molecule has 3 N–H and O–H groups in total. The van der Waals surface area contributed by atoms with Crippen molar-refractivity contribution in [2.45, 2.75) is 45.2 Å². The Balaban J connectivity index is 1.86. The minimum absolute atomic E-state index is 0.237. The summed E-state index contributed by atoms with van der Waals surface area (Å²) in [5.74, 6) is 1.85. The summed E-state index contributed by atoms with van der Waals surface area (Å²) in [6.45, 7) is 4.01. The van der Waals surface area contributed by atoms with Gasteiger partial charge in [0.1, 0.15) is 0 Å². The van der Waals surface area contributed by atoms with Crippen LogP contribution in [0.5, 0.6) is 0 Å². The Morgan fingerprint density at radius 2 is 2.07 bits per heavy atom. The van der Waals surface area contributed by atoms with Crippen LogP contribution in [0, 0.1) is 17.8 Å². The maximum atomic E-state index is 11.7. The van der Waals surface area contributed by atoms with E-state index in [4.69, 9.17) is 5.73 Å². The molecule has 0 saturated heterocycles. The molecular formula is C11H20N2O. The number of amides is 1. The predicted molar refractivity (Wildman–Crippen MR) is 55.6 cm³/mol. The van der Waals surface area contributed by atoms with Gasteiger partial charge in [0.15, 0.2) is 0 Å². The van der Waals surface area contributed by atoms with E-state index in [0.717, 1.165) is 25.2 Å². The van der Waals surface area contributed by atoms with Gasteiger partial charge in [0, 0.05) is 18.0 Å². The van der Waals surface area contributed by atoms with E-state index < -0.39 is 0 Å². The molecule has 2 aliphatic carbocycles. The Labute approximate surface area is 85.4 Å². The van der Waals surface area contributed by atoms with Gasteiger partial charge in [0.2, 0.25) is 5.91 Å². The van der Waals surface area contributed by atoms with Crippen molar-refractivity contribution >= 4 is 5.91 Å². The van der Waals surface area contributed by atoms with Gasteiger partial charge in [-0.3, -0.25) is 4.79 Å². The van der Waals surface area contributed by atoms with Crippen molar-refractivity contribution in [2.75, 3.05) is 0 Å². The molecule has 0 aromatic carbocycles. The lowest BCUT2D eigenvalue weighted by molar-refractivity contribution is -0.125. The van der Waals surface area contributed by atoms with Crippen LogP contribution in [0.25, 0.3) is 0 Å². The van der Waals surface area contributed by atoms with Crippen molar-refractivity contribution in [3.05, 3.63) is 0 Å². The van der Waals surface area contributed by atoms with Gasteiger partial charge in [0.25, 0.3) is 0 Å². The first-order chi connectivity index (χ1) is 6.58. The van der Waals surface area contributed by atoms with Gasteiger partial charge in [-0.1, -0.05) is 0 Å². The molecule has 4 unspecified atom stereocenters. The summed E-state index contributed by atoms with van der Waals surface area (Å²) in [4.78, 5) is 11.7. The number of hydrogen-bond donors (Lipinski definition) is 2. The molecule has 0 aromatic heterocycles. The second kappa shape index (κ2) is 3.54. The van der Waals surface area contributed by atoms with Crippen molar-refractivity contribution < 1.29 is 4.79 Å². The van der Waals surface area contributed by atoms with E-state index in [1.165, 1.54) is 0 Å². The van der Waals surface area contributed by atoms with E-state index in [9.17, 15) is 4.79 Å². The molecule has 2 aliphatic rings. The summed E-state index contributed by atoms with van der Waals surface area (Å²) < 4.78 is 0. The molecule has 0 radical (unpaired) electrons. The van der Waals surface area contributed by atoms with Gasteiger partial charge in [-0.2, -0.15) is 0 Å². The average Bonchev–Trinajstić information content (AvgIpc) is 2.41. The van der Waals surface area contributed by atoms with Gasteiger partial charge in [0.05, 0.1) is 0 Å². The average molecular weight is 196 g/mol. The number of carbonyl (C=O) groups is 1. The molecule has 0 bridgehead atoms. The number of nitrogens with two attached hydrogens (primary N) is 1. The first kappa shape index (κ1) is 9.97. The van der Waals surface area contributed by atoms with Crippen LogP contribution in [0.3, 0.4) is 0 Å². The molecule has 0 spiro atoms. The number of fused-ring (bicyclic) bond motifs is 1. The van der Waals surface area contributed by atoms with E-state index in [1.807, 2.05) is 13.8 Å². The molecular weight excluding hydrogens is 176 g/mol. The SMILES string of the molecule is CC(C)NC(=O)C1CC2CC(N)C2C1. The standard InChI is InChI=1S/C11H20N2O/c1-6(2)13-11(14)8-3-7-5-10(12)9(7)4-8/h6-10H,3-5,12H2,1-2H3,(H,13,14). The number of rotatable bonds is 2. The monoisotopic (exact) mass is 196 g/mol. The van der Waals surface area contributed by atoms with Gasteiger partial charge in [-0.25, -0.2) is 0 Å². The van der Waals surface area contributed by atoms with E-state index in [-0.39, 0.29) is 17.9 Å². The van der Waals surface area contributed by atoms with Crippen LogP contribution in [-0.2, 0) is 4.79 Å². The van der Waals surface area contributed by atoms with Crippen molar-refractivity contribution in [2.24, 2.45) is 23.5 Å². The summed E-state index contributed by atoms with van der Waals surface area (Å²) in [6, 6.07) is 0.631. The highest BCUT2D eigenvalue weighted by Crippen LogP contribution is 2.48. The minimum Gasteiger partial charge on any atom is -0.354 e. The zero-order chi connectivity index (χ0) is 10.3. The van der Waals surface area contributed by atoms with E-state index in [0.29, 0.717) is 12.0 Å². The Morgan fingerprint density at radius 3 is 2.57 bits per heavy atom. The second-order valence-corrected chi connectivity index (χ2v) is 5.16. The summed E-state index contributed by atoms with van der Waals surface area (Å²) in [5.41, 5.74) is 5.90. The van der Waals surface area contributed by atoms with E-state index >= 15 is 0 Å². The molecule has 0 aromatic rings. The third-order valence-corrected chi connectivity index (χ3v) is 3.68. The van der Waals surface area contributed by atoms with Crippen LogP contribution in [0.4, 0.5) is 0 Å². The highest BCUT2D eigenvalue weighted by atomic mass is 16.1. The van der Waals surface area contributed by atoms with Crippen LogP contribution >= 0.6 is 0 Å². The Bertz CT molecular complexity index is 239. The van der Waals surface area contributed by atoms with Crippen molar-refractivity contribution in [3.63, 3.8) is 0 Å². The van der Waals surface area contributed by atoms with Gasteiger partial charge < -0.3 is 11.1 Å². The maximum Gasteiger partial charge on any atom is 0.223 e. The fourth-order valence-electron chi connectivity index (χ4n) is 2.90. The maximum absolute atomic E-state index is 11.7. The molecule has 0 heterocycles. The van der Waals surface area contributed by atoms with Gasteiger partial charge in [-0.05, 0) is 44.9 Å². The Hall–Kier alpha value is -0.570. The topological polar surface area (TPSA) is 55.1 Å². The zero-order valence-corrected chi connectivity index (χ0v) is 8.99. The first-order valence-corrected chi connectivity index (χ1v) is 5.64. The molecule has 1 amide bonds. The largest absolute Gasteiger partial charge is 0.354 e. The lowest BCUT2D eigenvalue weighted by Crippen LogP contribution is -2.44. The third kappa shape index (κ3) is 1.65. The van der Waals surface area contributed by atoms with Crippen molar-refractivity contribution in [3.8, 4) is 0 Å². The smallest absolute Gasteiger partial charge is 0.223 e. The summed E-state index contributed by atoms with van der Waals surface area (Å²) in [7, 11) is 0.